The van der Waals surface area contributed by atoms with Crippen LogP contribution < -0.4 is 0 Å². The van der Waals surface area contributed by atoms with Crippen LogP contribution in [0.3, 0.4) is 0 Å². The molecule has 0 saturated heterocycles. The van der Waals surface area contributed by atoms with Gasteiger partial charge in [0.25, 0.3) is 0 Å². The molecule has 0 spiro atoms. The molecule has 0 aromatic carbocycles. The number of ether oxygens (including phenoxy) is 2. The van der Waals surface area contributed by atoms with Crippen LogP contribution in [0, 0.1) is 0 Å². The molecule has 1 aliphatic rings. The van der Waals surface area contributed by atoms with Crippen molar-refractivity contribution in [3.05, 3.63) is 24.8 Å². The van der Waals surface area contributed by atoms with E-state index < -0.39 is 24.0 Å². The van der Waals surface area contributed by atoms with E-state index >= 15 is 0 Å². The molecule has 0 aliphatic heterocycles. The first-order chi connectivity index (χ1) is 14.7. The van der Waals surface area contributed by atoms with Crippen LogP contribution in [-0.2, 0) is 9.47 Å². The Morgan fingerprint density at radius 1 is 1.06 bits per heavy atom. The molecule has 0 N–H and O–H groups in total. The fourth-order valence-corrected chi connectivity index (χ4v) is 18.8. The number of amides is 1. The van der Waals surface area contributed by atoms with Gasteiger partial charge in [0.1, 0.15) is 0 Å². The summed E-state index contributed by atoms with van der Waals surface area (Å²) in [5.41, 5.74) is -0.499. The Balaban J connectivity index is 2.77. The van der Waals surface area contributed by atoms with E-state index in [4.69, 9.17) is 9.47 Å². The van der Waals surface area contributed by atoms with E-state index in [2.05, 4.69) is 39.5 Å². The van der Waals surface area contributed by atoms with Gasteiger partial charge in [0, 0.05) is 0 Å². The molecule has 0 saturated carbocycles. The summed E-state index contributed by atoms with van der Waals surface area (Å²) >= 11 is -2.30. The normalized spacial score (nSPS) is 18.9. The molecule has 1 rings (SSSR count). The van der Waals surface area contributed by atoms with Crippen LogP contribution in [0.5, 0.6) is 0 Å². The zero-order valence-corrected chi connectivity index (χ0v) is 24.1. The third kappa shape index (κ3) is 10.8. The molecule has 0 heterocycles. The van der Waals surface area contributed by atoms with Crippen LogP contribution in [0.4, 0.5) is 4.79 Å². The minimum absolute atomic E-state index is 0.0179. The Hall–Kier alpha value is -0.491. The van der Waals surface area contributed by atoms with Gasteiger partial charge in [0.15, 0.2) is 0 Å². The van der Waals surface area contributed by atoms with E-state index in [1.807, 2.05) is 20.8 Å². The summed E-state index contributed by atoms with van der Waals surface area (Å²) < 4.78 is 17.6. The second-order valence-electron chi connectivity index (χ2n) is 10.3. The first-order valence-corrected chi connectivity index (χ1v) is 20.7. The van der Waals surface area contributed by atoms with Crippen molar-refractivity contribution in [1.29, 1.82) is 0 Å². The predicted octanol–water partition coefficient (Wildman–Crippen LogP) is 7.51. The third-order valence-corrected chi connectivity index (χ3v) is 20.5. The van der Waals surface area contributed by atoms with Crippen LogP contribution in [0.1, 0.15) is 86.5 Å². The molecular formula is C26H49NO3Sn. The fourth-order valence-electron chi connectivity index (χ4n) is 4.34. The minimum atomic E-state index is -2.30. The third-order valence-electron chi connectivity index (χ3n) is 6.16. The second-order valence-corrected chi connectivity index (χ2v) is 23.9. The summed E-state index contributed by atoms with van der Waals surface area (Å²) in [6, 6.07) is 0.0179. The topological polar surface area (TPSA) is 38.8 Å². The van der Waals surface area contributed by atoms with Gasteiger partial charge in [-0.2, -0.15) is 0 Å². The molecule has 5 heteroatoms. The number of nitrogens with zero attached hydrogens (tertiary/aromatic N) is 1. The molecule has 1 amide bonds. The van der Waals surface area contributed by atoms with Crippen molar-refractivity contribution in [1.82, 2.24) is 4.90 Å². The number of carbonyl (C=O) groups excluding carboxylic acids is 1. The molecule has 4 nitrogen and oxygen atoms in total. The standard InChI is InChI=1S/C14H22NO3.3C4H9.Sn/c1-6-9-15(13(16)18-14(2,3)4)11-7-8-12(10-11)17-5;3*1-3-4-2;/h6-8,11-12H,1,5,9-10H2,2-4H3;3*1,3-4H2,2H3;/t11-,12-;;;;/m0..../s1. The summed E-state index contributed by atoms with van der Waals surface area (Å²) in [5, 5.41) is 0. The maximum absolute atomic E-state index is 12.7. The molecule has 0 unspecified atom stereocenters. The van der Waals surface area contributed by atoms with Crippen molar-refractivity contribution in [2.45, 2.75) is 118 Å². The van der Waals surface area contributed by atoms with Crippen LogP contribution in [-0.4, -0.2) is 58.3 Å². The molecular weight excluding hydrogens is 493 g/mol. The van der Waals surface area contributed by atoms with E-state index in [1.54, 1.807) is 11.0 Å². The average Bonchev–Trinajstić information content (AvgIpc) is 3.18. The SMILES string of the molecule is C=CCN(C(=O)OC(C)(C)C)[C@H]1C=C[C@H](O[CH2][Sn]([CH2]CCC)([CH2]CCC)[CH2]CCC)C1. The molecule has 1 aliphatic carbocycles. The van der Waals surface area contributed by atoms with Gasteiger partial charge in [0.05, 0.1) is 0 Å². The van der Waals surface area contributed by atoms with Crippen molar-refractivity contribution in [2.75, 3.05) is 11.2 Å². The Morgan fingerprint density at radius 3 is 2.06 bits per heavy atom. The molecule has 31 heavy (non-hydrogen) atoms. The van der Waals surface area contributed by atoms with Crippen LogP contribution >= 0.6 is 0 Å². The molecule has 0 aromatic heterocycles. The summed E-state index contributed by atoms with van der Waals surface area (Å²) in [4.78, 5) is 14.5. The van der Waals surface area contributed by atoms with Crippen LogP contribution in [0.25, 0.3) is 0 Å². The van der Waals surface area contributed by atoms with Gasteiger partial charge < -0.3 is 0 Å². The summed E-state index contributed by atoms with van der Waals surface area (Å²) in [6.45, 7) is 17.0. The quantitative estimate of drug-likeness (QED) is 0.159. The number of carbonyl (C=O) groups is 1. The first kappa shape index (κ1) is 28.5. The second kappa shape index (κ2) is 14.6. The van der Waals surface area contributed by atoms with E-state index in [0.29, 0.717) is 6.54 Å². The number of hydrogen-bond donors (Lipinski definition) is 0. The van der Waals surface area contributed by atoms with Crippen molar-refractivity contribution in [3.8, 4) is 0 Å². The average molecular weight is 542 g/mol. The molecule has 0 radical (unpaired) electrons. The number of hydrogen-bond acceptors (Lipinski definition) is 3. The Kier molecular flexibility index (Phi) is 13.5. The van der Waals surface area contributed by atoms with Crippen molar-refractivity contribution < 1.29 is 14.3 Å². The Labute approximate surface area is 196 Å². The van der Waals surface area contributed by atoms with Gasteiger partial charge in [-0.05, 0) is 0 Å². The first-order valence-electron chi connectivity index (χ1n) is 12.6. The molecule has 0 bridgehead atoms. The molecule has 0 aromatic rings. The monoisotopic (exact) mass is 543 g/mol. The summed E-state index contributed by atoms with van der Waals surface area (Å²) in [5.74, 6) is 0. The van der Waals surface area contributed by atoms with Gasteiger partial charge in [-0.3, -0.25) is 0 Å². The van der Waals surface area contributed by atoms with Gasteiger partial charge in [-0.25, -0.2) is 0 Å². The van der Waals surface area contributed by atoms with E-state index in [-0.39, 0.29) is 18.2 Å². The molecule has 2 atom stereocenters. The Bertz CT molecular complexity index is 534. The number of unbranched alkanes of at least 4 members (excludes halogenated alkanes) is 3. The van der Waals surface area contributed by atoms with Crippen LogP contribution in [0.2, 0.25) is 13.3 Å². The van der Waals surface area contributed by atoms with Gasteiger partial charge in [0.2, 0.25) is 0 Å². The fraction of sp³-hybridized carbons (Fsp3) is 0.808. The van der Waals surface area contributed by atoms with Gasteiger partial charge >= 0.3 is 197 Å². The summed E-state index contributed by atoms with van der Waals surface area (Å²) in [7, 11) is 0. The number of rotatable bonds is 15. The zero-order valence-electron chi connectivity index (χ0n) is 21.3. The van der Waals surface area contributed by atoms with E-state index in [0.717, 1.165) is 11.0 Å². The Morgan fingerprint density at radius 2 is 1.61 bits per heavy atom. The summed E-state index contributed by atoms with van der Waals surface area (Å²) in [6.07, 6.45) is 14.7. The maximum atomic E-state index is 12.7. The predicted molar refractivity (Wildman–Crippen MR) is 135 cm³/mol. The van der Waals surface area contributed by atoms with Crippen LogP contribution in [0.15, 0.2) is 24.8 Å². The van der Waals surface area contributed by atoms with E-state index in [9.17, 15) is 4.79 Å². The van der Waals surface area contributed by atoms with Crippen molar-refractivity contribution in [3.63, 3.8) is 0 Å². The van der Waals surface area contributed by atoms with Crippen molar-refractivity contribution in [2.24, 2.45) is 0 Å². The van der Waals surface area contributed by atoms with Gasteiger partial charge in [-0.15, -0.1) is 0 Å². The molecule has 0 fully saturated rings. The van der Waals surface area contributed by atoms with E-state index in [1.165, 1.54) is 51.8 Å². The van der Waals surface area contributed by atoms with Gasteiger partial charge in [-0.1, -0.05) is 0 Å². The zero-order chi connectivity index (χ0) is 23.3. The van der Waals surface area contributed by atoms with Crippen molar-refractivity contribution >= 4 is 24.5 Å². The molecule has 180 valence electrons.